The molecule has 0 saturated carbocycles. The lowest BCUT2D eigenvalue weighted by Crippen LogP contribution is -2.24. The van der Waals surface area contributed by atoms with E-state index in [9.17, 15) is 9.90 Å². The number of halogens is 1. The Balaban J connectivity index is 2.68. The van der Waals surface area contributed by atoms with E-state index in [1.165, 1.54) is 0 Å². The number of rotatable bonds is 4. The molecule has 1 aromatic carbocycles. The van der Waals surface area contributed by atoms with Gasteiger partial charge in [0.1, 0.15) is 5.75 Å². The topological polar surface area (TPSA) is 49.3 Å². The van der Waals surface area contributed by atoms with Crippen molar-refractivity contribution < 1.29 is 9.90 Å². The van der Waals surface area contributed by atoms with Crippen LogP contribution in [0.2, 0.25) is 0 Å². The first-order valence-corrected chi connectivity index (χ1v) is 6.31. The van der Waals surface area contributed by atoms with Crippen LogP contribution in [-0.2, 0) is 0 Å². The molecule has 0 heterocycles. The Bertz CT molecular complexity index is 352. The SMILES string of the molecule is Cc1ccc(O)c(C(=O)NCCCI)c1. The first kappa shape index (κ1) is 12.3. The van der Waals surface area contributed by atoms with Crippen LogP contribution in [0.4, 0.5) is 0 Å². The van der Waals surface area contributed by atoms with Crippen LogP contribution in [0, 0.1) is 6.92 Å². The zero-order valence-corrected chi connectivity index (χ0v) is 10.7. The van der Waals surface area contributed by atoms with Crippen molar-refractivity contribution in [3.63, 3.8) is 0 Å². The zero-order chi connectivity index (χ0) is 11.3. The Morgan fingerprint density at radius 2 is 2.27 bits per heavy atom. The predicted molar refractivity (Wildman–Crippen MR) is 68.7 cm³/mol. The molecule has 0 spiro atoms. The fraction of sp³-hybridized carbons (Fsp3) is 0.364. The highest BCUT2D eigenvalue weighted by atomic mass is 127. The molecule has 4 heteroatoms. The van der Waals surface area contributed by atoms with Crippen molar-refractivity contribution in [2.75, 3.05) is 11.0 Å². The van der Waals surface area contributed by atoms with Crippen molar-refractivity contribution in [2.45, 2.75) is 13.3 Å². The molecule has 1 amide bonds. The summed E-state index contributed by atoms with van der Waals surface area (Å²) in [4.78, 5) is 11.6. The molecular formula is C11H14INO2. The lowest BCUT2D eigenvalue weighted by molar-refractivity contribution is 0.0951. The van der Waals surface area contributed by atoms with Crippen LogP contribution in [-0.4, -0.2) is 22.0 Å². The van der Waals surface area contributed by atoms with Crippen LogP contribution in [0.25, 0.3) is 0 Å². The molecule has 0 aliphatic rings. The first-order valence-electron chi connectivity index (χ1n) is 4.79. The molecule has 0 aliphatic carbocycles. The van der Waals surface area contributed by atoms with E-state index < -0.39 is 0 Å². The highest BCUT2D eigenvalue weighted by Gasteiger charge is 2.09. The maximum Gasteiger partial charge on any atom is 0.255 e. The lowest BCUT2D eigenvalue weighted by Gasteiger charge is -2.06. The van der Waals surface area contributed by atoms with Crippen molar-refractivity contribution in [1.82, 2.24) is 5.32 Å². The standard InChI is InChI=1S/C11H14INO2/c1-8-3-4-10(14)9(7-8)11(15)13-6-2-5-12/h3-4,7,14H,2,5-6H2,1H3,(H,13,15). The number of benzene rings is 1. The molecule has 0 saturated heterocycles. The van der Waals surface area contributed by atoms with Crippen LogP contribution >= 0.6 is 22.6 Å². The third kappa shape index (κ3) is 3.70. The molecule has 82 valence electrons. The van der Waals surface area contributed by atoms with E-state index >= 15 is 0 Å². The minimum absolute atomic E-state index is 0.0348. The van der Waals surface area contributed by atoms with Crippen LogP contribution in [0.5, 0.6) is 5.75 Å². The summed E-state index contributed by atoms with van der Waals surface area (Å²) in [5.41, 5.74) is 1.32. The number of alkyl halides is 1. The molecule has 0 atom stereocenters. The molecule has 1 rings (SSSR count). The number of hydrogen-bond donors (Lipinski definition) is 2. The largest absolute Gasteiger partial charge is 0.507 e. The summed E-state index contributed by atoms with van der Waals surface area (Å²) in [6.07, 6.45) is 0.943. The lowest BCUT2D eigenvalue weighted by atomic mass is 10.1. The number of hydrogen-bond acceptors (Lipinski definition) is 2. The molecule has 0 bridgehead atoms. The number of carbonyl (C=O) groups is 1. The molecule has 0 fully saturated rings. The van der Waals surface area contributed by atoms with E-state index in [0.717, 1.165) is 16.4 Å². The van der Waals surface area contributed by atoms with Gasteiger partial charge in [0.25, 0.3) is 5.91 Å². The second-order valence-corrected chi connectivity index (χ2v) is 4.40. The summed E-state index contributed by atoms with van der Waals surface area (Å²) in [6, 6.07) is 5.01. The van der Waals surface area contributed by atoms with Gasteiger partial charge >= 0.3 is 0 Å². The Labute approximate surface area is 103 Å². The fourth-order valence-corrected chi connectivity index (χ4v) is 1.58. The summed E-state index contributed by atoms with van der Waals surface area (Å²) in [5.74, 6) is -0.173. The maximum atomic E-state index is 11.6. The average molecular weight is 319 g/mol. The van der Waals surface area contributed by atoms with Crippen LogP contribution in [0.15, 0.2) is 18.2 Å². The van der Waals surface area contributed by atoms with Gasteiger partial charge in [0.2, 0.25) is 0 Å². The van der Waals surface area contributed by atoms with Gasteiger partial charge in [0, 0.05) is 11.0 Å². The van der Waals surface area contributed by atoms with Gasteiger partial charge < -0.3 is 10.4 Å². The van der Waals surface area contributed by atoms with Gasteiger partial charge in [0.05, 0.1) is 5.56 Å². The van der Waals surface area contributed by atoms with Gasteiger partial charge in [-0.1, -0.05) is 34.2 Å². The molecular weight excluding hydrogens is 305 g/mol. The summed E-state index contributed by atoms with van der Waals surface area (Å²) in [5, 5.41) is 12.3. The van der Waals surface area contributed by atoms with E-state index in [1.807, 2.05) is 6.92 Å². The highest BCUT2D eigenvalue weighted by molar-refractivity contribution is 14.1. The first-order chi connectivity index (χ1) is 7.15. The Kier molecular flexibility index (Phi) is 4.87. The van der Waals surface area contributed by atoms with Gasteiger partial charge in [-0.25, -0.2) is 0 Å². The number of aromatic hydroxyl groups is 1. The quantitative estimate of drug-likeness (QED) is 0.508. The monoisotopic (exact) mass is 319 g/mol. The second kappa shape index (κ2) is 5.95. The van der Waals surface area contributed by atoms with E-state index in [4.69, 9.17) is 0 Å². The summed E-state index contributed by atoms with van der Waals surface area (Å²) in [7, 11) is 0. The molecule has 3 nitrogen and oxygen atoms in total. The van der Waals surface area contributed by atoms with Gasteiger partial charge in [-0.05, 0) is 25.5 Å². The third-order valence-electron chi connectivity index (χ3n) is 1.99. The number of phenols is 1. The van der Waals surface area contributed by atoms with Gasteiger partial charge in [-0.3, -0.25) is 4.79 Å². The fourth-order valence-electron chi connectivity index (χ4n) is 1.20. The van der Waals surface area contributed by atoms with Crippen LogP contribution in [0.3, 0.4) is 0 Å². The summed E-state index contributed by atoms with van der Waals surface area (Å²) >= 11 is 2.26. The normalized spacial score (nSPS) is 10.0. The van der Waals surface area contributed by atoms with E-state index in [0.29, 0.717) is 12.1 Å². The number of amides is 1. The zero-order valence-electron chi connectivity index (χ0n) is 8.59. The number of nitrogens with one attached hydrogen (secondary N) is 1. The third-order valence-corrected chi connectivity index (χ3v) is 2.76. The van der Waals surface area contributed by atoms with Gasteiger partial charge in [-0.2, -0.15) is 0 Å². The number of carbonyl (C=O) groups excluding carboxylic acids is 1. The highest BCUT2D eigenvalue weighted by Crippen LogP contribution is 2.17. The molecule has 15 heavy (non-hydrogen) atoms. The van der Waals surface area contributed by atoms with Crippen molar-refractivity contribution in [3.8, 4) is 5.75 Å². The molecule has 0 unspecified atom stereocenters. The Morgan fingerprint density at radius 3 is 2.93 bits per heavy atom. The predicted octanol–water partition coefficient (Wildman–Crippen LogP) is 2.26. The molecule has 2 N–H and O–H groups in total. The average Bonchev–Trinajstić information content (AvgIpc) is 2.22. The maximum absolute atomic E-state index is 11.6. The number of aryl methyl sites for hydroxylation is 1. The van der Waals surface area contributed by atoms with Crippen LogP contribution in [0.1, 0.15) is 22.3 Å². The minimum atomic E-state index is -0.207. The molecule has 0 radical (unpaired) electrons. The summed E-state index contributed by atoms with van der Waals surface area (Å²) in [6.45, 7) is 2.54. The second-order valence-electron chi connectivity index (χ2n) is 3.32. The molecule has 0 aromatic heterocycles. The number of phenolic OH excluding ortho intramolecular Hbond substituents is 1. The van der Waals surface area contributed by atoms with Gasteiger partial charge in [-0.15, -0.1) is 0 Å². The smallest absolute Gasteiger partial charge is 0.255 e. The van der Waals surface area contributed by atoms with Crippen molar-refractivity contribution >= 4 is 28.5 Å². The van der Waals surface area contributed by atoms with Crippen LogP contribution < -0.4 is 5.32 Å². The summed E-state index contributed by atoms with van der Waals surface area (Å²) < 4.78 is 1.01. The van der Waals surface area contributed by atoms with Gasteiger partial charge in [0.15, 0.2) is 0 Å². The van der Waals surface area contributed by atoms with E-state index in [1.54, 1.807) is 18.2 Å². The molecule has 1 aromatic rings. The molecule has 0 aliphatic heterocycles. The minimum Gasteiger partial charge on any atom is -0.507 e. The van der Waals surface area contributed by atoms with E-state index in [2.05, 4.69) is 27.9 Å². The van der Waals surface area contributed by atoms with Crippen molar-refractivity contribution in [2.24, 2.45) is 0 Å². The van der Waals surface area contributed by atoms with Crippen molar-refractivity contribution in [1.29, 1.82) is 0 Å². The Morgan fingerprint density at radius 1 is 1.53 bits per heavy atom. The van der Waals surface area contributed by atoms with E-state index in [-0.39, 0.29) is 11.7 Å². The Hall–Kier alpha value is -0.780. The van der Waals surface area contributed by atoms with Crippen molar-refractivity contribution in [3.05, 3.63) is 29.3 Å².